The van der Waals surface area contributed by atoms with E-state index in [1.165, 1.54) is 28.8 Å². The summed E-state index contributed by atoms with van der Waals surface area (Å²) in [5.74, 6) is 1.26. The van der Waals surface area contributed by atoms with Gasteiger partial charge in [0.1, 0.15) is 6.04 Å². The highest BCUT2D eigenvalue weighted by Crippen LogP contribution is 2.27. The zero-order valence-electron chi connectivity index (χ0n) is 16.7. The van der Waals surface area contributed by atoms with Crippen LogP contribution in [0.4, 0.5) is 0 Å². The van der Waals surface area contributed by atoms with Gasteiger partial charge in [-0.2, -0.15) is 0 Å². The summed E-state index contributed by atoms with van der Waals surface area (Å²) in [5.41, 5.74) is 2.71. The number of nitrogens with two attached hydrogens (primary N) is 1. The number of quaternary nitrogens is 1. The highest BCUT2D eigenvalue weighted by Gasteiger charge is 2.26. The number of hydrogen-bond acceptors (Lipinski definition) is 5. The monoisotopic (exact) mass is 424 g/mol. The Morgan fingerprint density at radius 2 is 1.79 bits per heavy atom. The molecule has 6 heteroatoms. The summed E-state index contributed by atoms with van der Waals surface area (Å²) in [6.45, 7) is 4.36. The van der Waals surface area contributed by atoms with Crippen molar-refractivity contribution < 1.29 is 9.73 Å². The van der Waals surface area contributed by atoms with E-state index in [0.29, 0.717) is 11.8 Å². The van der Waals surface area contributed by atoms with E-state index >= 15 is 0 Å². The van der Waals surface area contributed by atoms with Crippen molar-refractivity contribution >= 4 is 22.7 Å². The summed E-state index contributed by atoms with van der Waals surface area (Å²) in [6.07, 6.45) is 3.61. The zero-order chi connectivity index (χ0) is 20.1. The molecule has 0 amide bonds. The normalized spacial score (nSPS) is 13.4. The summed E-state index contributed by atoms with van der Waals surface area (Å²) < 4.78 is 5.97. The maximum Gasteiger partial charge on any atom is 0.274 e. The van der Waals surface area contributed by atoms with Crippen molar-refractivity contribution in [2.45, 2.75) is 45.2 Å². The van der Waals surface area contributed by atoms with Crippen LogP contribution >= 0.6 is 22.7 Å². The lowest BCUT2D eigenvalue weighted by Crippen LogP contribution is -2.85. The zero-order valence-corrected chi connectivity index (χ0v) is 18.4. The Labute approximate surface area is 179 Å². The predicted octanol–water partition coefficient (Wildman–Crippen LogP) is 5.62. The number of thiophene rings is 2. The standard InChI is InChI=1S/C23H25N3OS2/c1-3-4-7-17-10-12-18(13-11-17)21(19-8-5-14-28-19)24-16(2)22-25-26-23(27-22)20-9-6-15-29-20/h5-6,8-16,21,24H,3-4,7H2,1-2H3/p+1/t16-,21-/m0/s1. The Morgan fingerprint density at radius 3 is 2.48 bits per heavy atom. The van der Waals surface area contributed by atoms with E-state index in [4.69, 9.17) is 4.42 Å². The van der Waals surface area contributed by atoms with E-state index in [2.05, 4.69) is 71.1 Å². The van der Waals surface area contributed by atoms with Gasteiger partial charge in [0.2, 0.25) is 0 Å². The summed E-state index contributed by atoms with van der Waals surface area (Å²) in [4.78, 5) is 2.34. The van der Waals surface area contributed by atoms with Crippen LogP contribution < -0.4 is 5.32 Å². The van der Waals surface area contributed by atoms with Gasteiger partial charge >= 0.3 is 0 Å². The molecule has 3 aromatic heterocycles. The molecular formula is C23H26N3OS2+. The first-order valence-electron chi connectivity index (χ1n) is 10.1. The smallest absolute Gasteiger partial charge is 0.274 e. The fraction of sp³-hybridized carbons (Fsp3) is 0.304. The molecular weight excluding hydrogens is 398 g/mol. The van der Waals surface area contributed by atoms with E-state index in [9.17, 15) is 0 Å². The number of nitrogens with zero attached hydrogens (tertiary/aromatic N) is 2. The van der Waals surface area contributed by atoms with Gasteiger partial charge in [0.25, 0.3) is 11.8 Å². The van der Waals surface area contributed by atoms with E-state index in [1.807, 2.05) is 17.5 Å². The lowest BCUT2D eigenvalue weighted by atomic mass is 10.0. The second-order valence-corrected chi connectivity index (χ2v) is 9.17. The van der Waals surface area contributed by atoms with Crippen molar-refractivity contribution in [2.24, 2.45) is 0 Å². The largest absolute Gasteiger partial charge is 0.414 e. The van der Waals surface area contributed by atoms with Crippen molar-refractivity contribution in [1.29, 1.82) is 0 Å². The Morgan fingerprint density at radius 1 is 1.00 bits per heavy atom. The molecule has 0 unspecified atom stereocenters. The van der Waals surface area contributed by atoms with Crippen LogP contribution in [-0.2, 0) is 6.42 Å². The molecule has 4 nitrogen and oxygen atoms in total. The fourth-order valence-corrected chi connectivity index (χ4v) is 4.88. The van der Waals surface area contributed by atoms with Gasteiger partial charge in [0, 0.05) is 5.56 Å². The average Bonchev–Trinajstić information content (AvgIpc) is 3.51. The van der Waals surface area contributed by atoms with Crippen LogP contribution in [0.3, 0.4) is 0 Å². The highest BCUT2D eigenvalue weighted by atomic mass is 32.1. The van der Waals surface area contributed by atoms with Crippen molar-refractivity contribution in [3.63, 3.8) is 0 Å². The second-order valence-electron chi connectivity index (χ2n) is 7.24. The van der Waals surface area contributed by atoms with Crippen LogP contribution in [-0.4, -0.2) is 10.2 Å². The molecule has 0 fully saturated rings. The first kappa shape index (κ1) is 20.0. The van der Waals surface area contributed by atoms with Gasteiger partial charge in [-0.05, 0) is 48.2 Å². The SMILES string of the molecule is CCCCc1ccc([C@H]([NH2+][C@@H](C)c2nnc(-c3cccs3)o2)c2cccs2)cc1. The Hall–Kier alpha value is -2.28. The Balaban J connectivity index is 1.53. The van der Waals surface area contributed by atoms with Crippen molar-refractivity contribution in [3.05, 3.63) is 81.2 Å². The van der Waals surface area contributed by atoms with Crippen LogP contribution in [0.2, 0.25) is 0 Å². The third-order valence-electron chi connectivity index (χ3n) is 5.05. The van der Waals surface area contributed by atoms with Gasteiger partial charge in [-0.25, -0.2) is 0 Å². The molecule has 0 saturated carbocycles. The molecule has 150 valence electrons. The molecule has 0 bridgehead atoms. The quantitative estimate of drug-likeness (QED) is 0.380. The molecule has 3 heterocycles. The molecule has 0 radical (unpaired) electrons. The molecule has 2 atom stereocenters. The number of unbranched alkanes of at least 4 members (excludes halogenated alkanes) is 1. The van der Waals surface area contributed by atoms with Crippen LogP contribution in [0, 0.1) is 0 Å². The Bertz CT molecular complexity index is 991. The molecule has 0 spiro atoms. The molecule has 4 rings (SSSR count). The number of benzene rings is 1. The number of aryl methyl sites for hydroxylation is 1. The minimum atomic E-state index is 0.0584. The van der Waals surface area contributed by atoms with Gasteiger partial charge in [0.15, 0.2) is 6.04 Å². The molecule has 29 heavy (non-hydrogen) atoms. The number of rotatable bonds is 9. The fourth-order valence-electron chi connectivity index (χ4n) is 3.40. The molecule has 2 N–H and O–H groups in total. The van der Waals surface area contributed by atoms with Gasteiger partial charge in [-0.15, -0.1) is 32.9 Å². The van der Waals surface area contributed by atoms with Gasteiger partial charge in [0.05, 0.1) is 9.75 Å². The van der Waals surface area contributed by atoms with Crippen molar-refractivity contribution in [1.82, 2.24) is 10.2 Å². The third-order valence-corrected chi connectivity index (χ3v) is 6.86. The topological polar surface area (TPSA) is 55.5 Å². The molecule has 4 aromatic rings. The minimum Gasteiger partial charge on any atom is -0.414 e. The van der Waals surface area contributed by atoms with Crippen LogP contribution in [0.15, 0.2) is 63.7 Å². The van der Waals surface area contributed by atoms with Crippen LogP contribution in [0.25, 0.3) is 10.8 Å². The molecule has 0 aliphatic rings. The van der Waals surface area contributed by atoms with Crippen LogP contribution in [0.1, 0.15) is 60.7 Å². The third kappa shape index (κ3) is 4.83. The van der Waals surface area contributed by atoms with Crippen molar-refractivity contribution in [3.8, 4) is 10.8 Å². The van der Waals surface area contributed by atoms with Gasteiger partial charge < -0.3 is 9.73 Å². The molecule has 1 aromatic carbocycles. The van der Waals surface area contributed by atoms with Gasteiger partial charge in [-0.3, -0.25) is 0 Å². The maximum atomic E-state index is 5.97. The molecule has 0 aliphatic carbocycles. The lowest BCUT2D eigenvalue weighted by molar-refractivity contribution is -0.725. The summed E-state index contributed by atoms with van der Waals surface area (Å²) >= 11 is 3.40. The molecule has 0 saturated heterocycles. The maximum absolute atomic E-state index is 5.97. The summed E-state index contributed by atoms with van der Waals surface area (Å²) in [7, 11) is 0. The second kappa shape index (κ2) is 9.48. The lowest BCUT2D eigenvalue weighted by Gasteiger charge is -2.18. The van der Waals surface area contributed by atoms with Gasteiger partial charge in [-0.1, -0.05) is 49.7 Å². The van der Waals surface area contributed by atoms with Crippen LogP contribution in [0.5, 0.6) is 0 Å². The first-order chi connectivity index (χ1) is 14.2. The summed E-state index contributed by atoms with van der Waals surface area (Å²) in [5, 5.41) is 15.0. The Kier molecular flexibility index (Phi) is 6.54. The predicted molar refractivity (Wildman–Crippen MR) is 119 cm³/mol. The van der Waals surface area contributed by atoms with E-state index in [-0.39, 0.29) is 12.1 Å². The average molecular weight is 425 g/mol. The first-order valence-corrected chi connectivity index (χ1v) is 11.8. The summed E-state index contributed by atoms with van der Waals surface area (Å²) in [6, 6.07) is 17.7. The molecule has 0 aliphatic heterocycles. The number of aromatic nitrogens is 2. The van der Waals surface area contributed by atoms with E-state index < -0.39 is 0 Å². The van der Waals surface area contributed by atoms with E-state index in [0.717, 1.165) is 11.3 Å². The minimum absolute atomic E-state index is 0.0584. The van der Waals surface area contributed by atoms with Crippen molar-refractivity contribution in [2.75, 3.05) is 0 Å². The number of hydrogen-bond donors (Lipinski definition) is 1. The van der Waals surface area contributed by atoms with E-state index in [1.54, 1.807) is 22.7 Å². The highest BCUT2D eigenvalue weighted by molar-refractivity contribution is 7.13.